The van der Waals surface area contributed by atoms with Crippen LogP contribution in [0.15, 0.2) is 35.4 Å². The molecule has 0 fully saturated rings. The molecule has 5 nitrogen and oxygen atoms in total. The van der Waals surface area contributed by atoms with Gasteiger partial charge in [-0.05, 0) is 43.4 Å². The minimum Gasteiger partial charge on any atom is -0.253 e. The van der Waals surface area contributed by atoms with Gasteiger partial charge in [0.15, 0.2) is 9.84 Å². The molecule has 0 aliphatic carbocycles. The molecule has 2 rings (SSSR count). The first-order chi connectivity index (χ1) is 9.94. The molecular formula is C15H21N3O2S. The Bertz CT molecular complexity index is 707. The van der Waals surface area contributed by atoms with Crippen LogP contribution in [0.4, 0.5) is 0 Å². The molecule has 0 aliphatic rings. The van der Waals surface area contributed by atoms with Crippen molar-refractivity contribution in [2.75, 3.05) is 6.26 Å². The van der Waals surface area contributed by atoms with Crippen molar-refractivity contribution in [2.24, 2.45) is 0 Å². The van der Waals surface area contributed by atoms with E-state index in [1.165, 1.54) is 6.26 Å². The first-order valence-electron chi connectivity index (χ1n) is 7.13. The molecule has 0 spiro atoms. The summed E-state index contributed by atoms with van der Waals surface area (Å²) in [6, 6.07) is 7.19. The maximum absolute atomic E-state index is 11.7. The van der Waals surface area contributed by atoms with Gasteiger partial charge in [0.2, 0.25) is 0 Å². The van der Waals surface area contributed by atoms with Gasteiger partial charge in [0.1, 0.15) is 0 Å². The van der Waals surface area contributed by atoms with Gasteiger partial charge < -0.3 is 0 Å². The van der Waals surface area contributed by atoms with Crippen molar-refractivity contribution in [3.8, 4) is 0 Å². The molecule has 1 atom stereocenters. The molecule has 0 saturated heterocycles. The van der Waals surface area contributed by atoms with E-state index in [2.05, 4.69) is 17.2 Å². The van der Waals surface area contributed by atoms with E-state index in [1.54, 1.807) is 22.9 Å². The summed E-state index contributed by atoms with van der Waals surface area (Å²) in [4.78, 5) is 0.371. The fraction of sp³-hybridized carbons (Fsp3) is 0.467. The van der Waals surface area contributed by atoms with Crippen molar-refractivity contribution >= 4 is 9.84 Å². The van der Waals surface area contributed by atoms with Crippen LogP contribution in [0.5, 0.6) is 0 Å². The molecule has 2 aromatic rings. The Balaban J connectivity index is 2.25. The maximum Gasteiger partial charge on any atom is 0.175 e. The van der Waals surface area contributed by atoms with Crippen molar-refractivity contribution in [1.82, 2.24) is 15.0 Å². The largest absolute Gasteiger partial charge is 0.253 e. The van der Waals surface area contributed by atoms with Crippen molar-refractivity contribution in [3.63, 3.8) is 0 Å². The number of hydrogen-bond acceptors (Lipinski definition) is 4. The van der Waals surface area contributed by atoms with E-state index < -0.39 is 9.84 Å². The molecule has 0 aliphatic heterocycles. The third-order valence-corrected chi connectivity index (χ3v) is 4.73. The molecule has 1 aromatic heterocycles. The van der Waals surface area contributed by atoms with Gasteiger partial charge in [-0.15, -0.1) is 5.10 Å². The molecule has 1 aromatic carbocycles. The minimum atomic E-state index is -3.17. The Morgan fingerprint density at radius 3 is 2.62 bits per heavy atom. The van der Waals surface area contributed by atoms with Crippen LogP contribution >= 0.6 is 0 Å². The van der Waals surface area contributed by atoms with E-state index in [0.29, 0.717) is 4.90 Å². The quantitative estimate of drug-likeness (QED) is 0.822. The van der Waals surface area contributed by atoms with Crippen molar-refractivity contribution < 1.29 is 8.42 Å². The van der Waals surface area contributed by atoms with Crippen LogP contribution in [0.3, 0.4) is 0 Å². The monoisotopic (exact) mass is 307 g/mol. The zero-order valence-electron chi connectivity index (χ0n) is 12.7. The number of aromatic nitrogens is 3. The molecule has 1 heterocycles. The second kappa shape index (κ2) is 6.39. The summed E-state index contributed by atoms with van der Waals surface area (Å²) < 4.78 is 25.1. The van der Waals surface area contributed by atoms with Crippen molar-refractivity contribution in [2.45, 2.75) is 44.0 Å². The number of sulfone groups is 1. The number of hydrogen-bond donors (Lipinski definition) is 0. The van der Waals surface area contributed by atoms with E-state index in [-0.39, 0.29) is 5.92 Å². The normalized spacial score (nSPS) is 13.3. The second-order valence-electron chi connectivity index (χ2n) is 5.22. The van der Waals surface area contributed by atoms with Gasteiger partial charge in [-0.3, -0.25) is 4.68 Å². The predicted octanol–water partition coefficient (Wildman–Crippen LogP) is 2.44. The van der Waals surface area contributed by atoms with E-state index in [9.17, 15) is 8.42 Å². The highest BCUT2D eigenvalue weighted by Crippen LogP contribution is 2.25. The molecule has 0 saturated carbocycles. The van der Waals surface area contributed by atoms with Crippen LogP contribution in [-0.2, 0) is 22.8 Å². The Hall–Kier alpha value is -1.69. The Kier molecular flexibility index (Phi) is 4.77. The van der Waals surface area contributed by atoms with Crippen LogP contribution in [-0.4, -0.2) is 29.7 Å². The van der Waals surface area contributed by atoms with Crippen LogP contribution in [0, 0.1) is 0 Å². The third-order valence-electron chi connectivity index (χ3n) is 3.62. The van der Waals surface area contributed by atoms with Gasteiger partial charge >= 0.3 is 0 Å². The van der Waals surface area contributed by atoms with Gasteiger partial charge in [-0.1, -0.05) is 24.3 Å². The Morgan fingerprint density at radius 2 is 2.05 bits per heavy atom. The first kappa shape index (κ1) is 15.7. The smallest absolute Gasteiger partial charge is 0.175 e. The lowest BCUT2D eigenvalue weighted by Gasteiger charge is -2.14. The number of nitrogens with zero attached hydrogens (tertiary/aromatic N) is 3. The lowest BCUT2D eigenvalue weighted by Crippen LogP contribution is -2.05. The van der Waals surface area contributed by atoms with Gasteiger partial charge in [0.25, 0.3) is 0 Å². The molecule has 1 unspecified atom stereocenters. The summed E-state index contributed by atoms with van der Waals surface area (Å²) in [6.07, 6.45) is 4.87. The van der Waals surface area contributed by atoms with Gasteiger partial charge in [0, 0.05) is 19.0 Å². The van der Waals surface area contributed by atoms with E-state index in [4.69, 9.17) is 0 Å². The highest BCUT2D eigenvalue weighted by Gasteiger charge is 2.15. The fourth-order valence-corrected chi connectivity index (χ4v) is 3.01. The highest BCUT2D eigenvalue weighted by molar-refractivity contribution is 7.90. The summed E-state index contributed by atoms with van der Waals surface area (Å²) in [7, 11) is -3.17. The highest BCUT2D eigenvalue weighted by atomic mass is 32.2. The Labute approximate surface area is 125 Å². The third kappa shape index (κ3) is 3.91. The maximum atomic E-state index is 11.7. The topological polar surface area (TPSA) is 64.8 Å². The van der Waals surface area contributed by atoms with Crippen molar-refractivity contribution in [1.29, 1.82) is 0 Å². The molecule has 0 bridgehead atoms. The van der Waals surface area contributed by atoms with Gasteiger partial charge in [-0.2, -0.15) is 0 Å². The molecule has 0 N–H and O–H groups in total. The van der Waals surface area contributed by atoms with Crippen LogP contribution < -0.4 is 0 Å². The van der Waals surface area contributed by atoms with Gasteiger partial charge in [-0.25, -0.2) is 8.42 Å². The van der Waals surface area contributed by atoms with Crippen molar-refractivity contribution in [3.05, 3.63) is 41.7 Å². The summed E-state index contributed by atoms with van der Waals surface area (Å²) in [6.45, 7) is 4.92. The zero-order valence-corrected chi connectivity index (χ0v) is 13.5. The minimum absolute atomic E-state index is 0.244. The zero-order chi connectivity index (χ0) is 15.5. The molecule has 6 heteroatoms. The van der Waals surface area contributed by atoms with Crippen LogP contribution in [0.1, 0.15) is 37.4 Å². The molecular weight excluding hydrogens is 286 g/mol. The summed E-state index contributed by atoms with van der Waals surface area (Å²) >= 11 is 0. The van der Waals surface area contributed by atoms with E-state index in [1.807, 2.05) is 19.2 Å². The van der Waals surface area contributed by atoms with Gasteiger partial charge in [0.05, 0.1) is 10.6 Å². The summed E-state index contributed by atoms with van der Waals surface area (Å²) in [5.41, 5.74) is 1.97. The predicted molar refractivity (Wildman–Crippen MR) is 82.0 cm³/mol. The standard InChI is InChI=1S/C15H21N3O2S/c1-4-12(9-14-11-18(5-2)17-16-14)13-7-6-8-15(10-13)21(3,19)20/h6-8,10-12H,4-5,9H2,1-3H3. The van der Waals surface area contributed by atoms with Crippen LogP contribution in [0.25, 0.3) is 0 Å². The second-order valence-corrected chi connectivity index (χ2v) is 7.24. The average molecular weight is 307 g/mol. The molecule has 0 radical (unpaired) electrons. The SMILES string of the molecule is CCC(Cc1cn(CC)nn1)c1cccc(S(C)(=O)=O)c1. The fourth-order valence-electron chi connectivity index (χ4n) is 2.34. The Morgan fingerprint density at radius 1 is 1.29 bits per heavy atom. The number of benzene rings is 1. The number of aryl methyl sites for hydroxylation is 1. The molecule has 0 amide bonds. The molecule has 21 heavy (non-hydrogen) atoms. The van der Waals surface area contributed by atoms with E-state index >= 15 is 0 Å². The summed E-state index contributed by atoms with van der Waals surface area (Å²) in [5.74, 6) is 0.244. The lowest BCUT2D eigenvalue weighted by molar-refractivity contribution is 0.600. The first-order valence-corrected chi connectivity index (χ1v) is 9.02. The molecule has 114 valence electrons. The number of rotatable bonds is 6. The van der Waals surface area contributed by atoms with Crippen LogP contribution in [0.2, 0.25) is 0 Å². The van der Waals surface area contributed by atoms with E-state index in [0.717, 1.165) is 30.6 Å². The lowest BCUT2D eigenvalue weighted by atomic mass is 9.92. The summed E-state index contributed by atoms with van der Waals surface area (Å²) in [5, 5.41) is 8.21. The average Bonchev–Trinajstić information content (AvgIpc) is 2.91.